The highest BCUT2D eigenvalue weighted by Gasteiger charge is 2.44. The summed E-state index contributed by atoms with van der Waals surface area (Å²) in [5, 5.41) is 11.6. The van der Waals surface area contributed by atoms with Gasteiger partial charge in [0.05, 0.1) is 20.1 Å². The third-order valence-corrected chi connectivity index (χ3v) is 6.45. The van der Waals surface area contributed by atoms with Crippen molar-refractivity contribution in [1.29, 1.82) is 0 Å². The van der Waals surface area contributed by atoms with Gasteiger partial charge in [-0.15, -0.1) is 0 Å². The van der Waals surface area contributed by atoms with Gasteiger partial charge in [0.2, 0.25) is 5.60 Å². The lowest BCUT2D eigenvalue weighted by molar-refractivity contribution is -0.916. The van der Waals surface area contributed by atoms with E-state index in [-0.39, 0.29) is 6.10 Å². The number of quaternary nitrogens is 1. The first-order valence-electron chi connectivity index (χ1n) is 11.3. The van der Waals surface area contributed by atoms with E-state index < -0.39 is 11.6 Å². The van der Waals surface area contributed by atoms with Gasteiger partial charge in [0, 0.05) is 24.7 Å². The first-order valence-corrected chi connectivity index (χ1v) is 11.3. The fourth-order valence-corrected chi connectivity index (χ4v) is 4.60. The number of ether oxygens (including phenoxy) is 1. The van der Waals surface area contributed by atoms with Gasteiger partial charge in [-0.3, -0.25) is 4.98 Å². The van der Waals surface area contributed by atoms with Gasteiger partial charge in [0.1, 0.15) is 6.54 Å². The summed E-state index contributed by atoms with van der Waals surface area (Å²) in [6.45, 7) is 2.72. The van der Waals surface area contributed by atoms with Crippen LogP contribution in [-0.4, -0.2) is 53.3 Å². The Labute approximate surface area is 189 Å². The van der Waals surface area contributed by atoms with Gasteiger partial charge < -0.3 is 14.3 Å². The molecule has 1 aliphatic rings. The maximum absolute atomic E-state index is 13.4. The lowest BCUT2D eigenvalue weighted by Gasteiger charge is -2.41. The van der Waals surface area contributed by atoms with Crippen molar-refractivity contribution in [2.45, 2.75) is 31.0 Å². The maximum atomic E-state index is 13.4. The first-order chi connectivity index (χ1) is 15.5. The number of likely N-dealkylation sites (N-methyl/N-ethyl adjacent to an activating group) is 1. The SMILES string of the molecule is C[N+]1(CCc2ccccn2)CCC[C@@H](OC(=O)C(O)(c2ccccc2)c2ccccc2)C1. The van der Waals surface area contributed by atoms with E-state index in [9.17, 15) is 9.90 Å². The molecule has 1 aliphatic heterocycles. The Morgan fingerprint density at radius 3 is 2.25 bits per heavy atom. The van der Waals surface area contributed by atoms with E-state index in [1.807, 2.05) is 60.8 Å². The number of aromatic nitrogens is 1. The zero-order valence-corrected chi connectivity index (χ0v) is 18.6. The summed E-state index contributed by atoms with van der Waals surface area (Å²) in [4.78, 5) is 17.9. The number of piperidine rings is 1. The van der Waals surface area contributed by atoms with Crippen LogP contribution in [0.2, 0.25) is 0 Å². The van der Waals surface area contributed by atoms with Gasteiger partial charge in [-0.05, 0) is 29.7 Å². The molecule has 5 heteroatoms. The Kier molecular flexibility index (Phi) is 6.68. The first kappa shape index (κ1) is 22.2. The molecular weight excluding hydrogens is 400 g/mol. The molecule has 4 rings (SSSR count). The molecule has 3 aromatic rings. The van der Waals surface area contributed by atoms with Crippen molar-refractivity contribution in [3.05, 3.63) is 102 Å². The van der Waals surface area contributed by atoms with Gasteiger partial charge in [0.25, 0.3) is 0 Å². The number of esters is 1. The van der Waals surface area contributed by atoms with E-state index >= 15 is 0 Å². The highest BCUT2D eigenvalue weighted by Crippen LogP contribution is 2.32. The average Bonchev–Trinajstić information content (AvgIpc) is 2.84. The summed E-state index contributed by atoms with van der Waals surface area (Å²) in [6, 6.07) is 24.1. The molecule has 1 unspecified atom stereocenters. The van der Waals surface area contributed by atoms with Gasteiger partial charge in [0.15, 0.2) is 6.10 Å². The molecule has 1 N–H and O–H groups in total. The van der Waals surface area contributed by atoms with Crippen LogP contribution in [0.3, 0.4) is 0 Å². The largest absolute Gasteiger partial charge is 0.454 e. The molecule has 32 heavy (non-hydrogen) atoms. The molecule has 0 amide bonds. The van der Waals surface area contributed by atoms with E-state index in [0.29, 0.717) is 11.1 Å². The summed E-state index contributed by atoms with van der Waals surface area (Å²) in [6.07, 6.45) is 4.26. The number of carbonyl (C=O) groups excluding carboxylic acids is 1. The molecule has 2 heterocycles. The smallest absolute Gasteiger partial charge is 0.348 e. The van der Waals surface area contributed by atoms with Crippen molar-refractivity contribution < 1.29 is 19.1 Å². The van der Waals surface area contributed by atoms with Crippen LogP contribution in [0, 0.1) is 0 Å². The van der Waals surface area contributed by atoms with Gasteiger partial charge >= 0.3 is 5.97 Å². The normalized spacial score (nSPS) is 21.1. The number of benzene rings is 2. The third-order valence-electron chi connectivity index (χ3n) is 6.45. The second kappa shape index (κ2) is 9.63. The minimum atomic E-state index is -1.84. The standard InChI is InChI=1S/C27H31N2O3/c1-29(20-17-24-15-8-9-18-28-24)19-10-16-25(21-29)32-26(30)27(31,22-11-4-2-5-12-22)23-13-6-3-7-14-23/h2-9,11-15,18,25,31H,10,16-17,19-21H2,1H3/q+1/t25-,29?/m1/s1. The molecule has 0 spiro atoms. The monoisotopic (exact) mass is 431 g/mol. The van der Waals surface area contributed by atoms with Gasteiger partial charge in [-0.2, -0.15) is 0 Å². The fourth-order valence-electron chi connectivity index (χ4n) is 4.60. The lowest BCUT2D eigenvalue weighted by Crippen LogP contribution is -2.55. The zero-order chi connectivity index (χ0) is 22.4. The van der Waals surface area contributed by atoms with E-state index in [0.717, 1.165) is 49.1 Å². The summed E-state index contributed by atoms with van der Waals surface area (Å²) in [5.74, 6) is -0.613. The molecular formula is C27H31N2O3+. The Hall–Kier alpha value is -3.02. The van der Waals surface area contributed by atoms with E-state index in [1.165, 1.54) is 0 Å². The van der Waals surface area contributed by atoms with Crippen LogP contribution in [0.4, 0.5) is 0 Å². The van der Waals surface area contributed by atoms with Crippen LogP contribution >= 0.6 is 0 Å². The van der Waals surface area contributed by atoms with Crippen molar-refractivity contribution in [2.75, 3.05) is 26.7 Å². The predicted octanol–water partition coefficient (Wildman–Crippen LogP) is 3.71. The number of carbonyl (C=O) groups is 1. The van der Waals surface area contributed by atoms with Gasteiger partial charge in [-0.1, -0.05) is 66.7 Å². The molecule has 166 valence electrons. The van der Waals surface area contributed by atoms with Crippen LogP contribution < -0.4 is 0 Å². The van der Waals surface area contributed by atoms with E-state index in [4.69, 9.17) is 4.74 Å². The van der Waals surface area contributed by atoms with Crippen LogP contribution in [0.5, 0.6) is 0 Å². The molecule has 1 saturated heterocycles. The number of likely N-dealkylation sites (tertiary alicyclic amines) is 1. The third kappa shape index (κ3) is 4.90. The zero-order valence-electron chi connectivity index (χ0n) is 18.6. The second-order valence-corrected chi connectivity index (χ2v) is 8.93. The summed E-state index contributed by atoms with van der Waals surface area (Å²) >= 11 is 0. The molecule has 0 bridgehead atoms. The number of nitrogens with zero attached hydrogens (tertiary/aromatic N) is 2. The maximum Gasteiger partial charge on any atom is 0.348 e. The van der Waals surface area contributed by atoms with Crippen molar-refractivity contribution >= 4 is 5.97 Å². The Bertz CT molecular complexity index is 971. The second-order valence-electron chi connectivity index (χ2n) is 8.93. The molecule has 0 aliphatic carbocycles. The quantitative estimate of drug-likeness (QED) is 0.458. The summed E-state index contributed by atoms with van der Waals surface area (Å²) in [7, 11) is 2.21. The van der Waals surface area contributed by atoms with E-state index in [1.54, 1.807) is 24.3 Å². The predicted molar refractivity (Wildman–Crippen MR) is 124 cm³/mol. The molecule has 2 atom stereocenters. The Morgan fingerprint density at radius 2 is 1.66 bits per heavy atom. The van der Waals surface area contributed by atoms with Crippen molar-refractivity contribution in [1.82, 2.24) is 4.98 Å². The van der Waals surface area contributed by atoms with Crippen LogP contribution in [0.15, 0.2) is 85.1 Å². The fraction of sp³-hybridized carbons (Fsp3) is 0.333. The number of pyridine rings is 1. The molecule has 0 saturated carbocycles. The Balaban J connectivity index is 1.49. The minimum Gasteiger partial charge on any atom is -0.454 e. The minimum absolute atomic E-state index is 0.232. The number of hydrogen-bond donors (Lipinski definition) is 1. The van der Waals surface area contributed by atoms with Crippen LogP contribution in [-0.2, 0) is 21.6 Å². The van der Waals surface area contributed by atoms with Crippen LogP contribution in [0.25, 0.3) is 0 Å². The van der Waals surface area contributed by atoms with Crippen molar-refractivity contribution in [3.63, 3.8) is 0 Å². The van der Waals surface area contributed by atoms with Crippen LogP contribution in [0.1, 0.15) is 29.7 Å². The topological polar surface area (TPSA) is 59.4 Å². The highest BCUT2D eigenvalue weighted by atomic mass is 16.6. The van der Waals surface area contributed by atoms with Crippen molar-refractivity contribution in [3.8, 4) is 0 Å². The summed E-state index contributed by atoms with van der Waals surface area (Å²) < 4.78 is 6.82. The molecule has 1 fully saturated rings. The molecule has 1 aromatic heterocycles. The van der Waals surface area contributed by atoms with Gasteiger partial charge in [-0.25, -0.2) is 4.79 Å². The Morgan fingerprint density at radius 1 is 1.03 bits per heavy atom. The summed E-state index contributed by atoms with van der Waals surface area (Å²) in [5.41, 5.74) is 0.268. The van der Waals surface area contributed by atoms with Crippen molar-refractivity contribution in [2.24, 2.45) is 0 Å². The lowest BCUT2D eigenvalue weighted by atomic mass is 9.86. The highest BCUT2D eigenvalue weighted by molar-refractivity contribution is 5.85. The molecule has 2 aromatic carbocycles. The molecule has 5 nitrogen and oxygen atoms in total. The number of rotatable bonds is 7. The average molecular weight is 432 g/mol. The van der Waals surface area contributed by atoms with E-state index in [2.05, 4.69) is 12.0 Å². The molecule has 0 radical (unpaired) electrons. The number of hydrogen-bond acceptors (Lipinski definition) is 4. The number of aliphatic hydroxyl groups is 1.